The maximum atomic E-state index is 12.9. The van der Waals surface area contributed by atoms with Gasteiger partial charge in [0, 0.05) is 35.6 Å². The summed E-state index contributed by atoms with van der Waals surface area (Å²) >= 11 is 6.11. The second-order valence-electron chi connectivity index (χ2n) is 6.86. The zero-order chi connectivity index (χ0) is 19.7. The van der Waals surface area contributed by atoms with E-state index in [-0.39, 0.29) is 5.91 Å². The number of pyridine rings is 1. The molecule has 4 rings (SSSR count). The number of aromatic nitrogens is 1. The number of carbonyl (C=O) groups is 1. The zero-order valence-corrected chi connectivity index (χ0v) is 16.6. The minimum Gasteiger partial charge on any atom is -0.493 e. The summed E-state index contributed by atoms with van der Waals surface area (Å²) in [5.41, 5.74) is 3.98. The predicted molar refractivity (Wildman–Crippen MR) is 109 cm³/mol. The van der Waals surface area contributed by atoms with Crippen molar-refractivity contribution in [1.29, 1.82) is 0 Å². The van der Waals surface area contributed by atoms with Crippen LogP contribution in [0.15, 0.2) is 42.5 Å². The van der Waals surface area contributed by atoms with E-state index in [9.17, 15) is 4.79 Å². The number of amides is 1. The smallest absolute Gasteiger partial charge is 0.227 e. The first-order chi connectivity index (χ1) is 13.6. The van der Waals surface area contributed by atoms with Gasteiger partial charge in [-0.2, -0.15) is 0 Å². The molecule has 5 nitrogen and oxygen atoms in total. The predicted octanol–water partition coefficient (Wildman–Crippen LogP) is 4.03. The van der Waals surface area contributed by atoms with Gasteiger partial charge < -0.3 is 14.4 Å². The lowest BCUT2D eigenvalue weighted by Crippen LogP contribution is -2.37. The van der Waals surface area contributed by atoms with Crippen molar-refractivity contribution < 1.29 is 14.3 Å². The fraction of sp³-hybridized carbons (Fsp3) is 0.273. The Labute approximate surface area is 168 Å². The van der Waals surface area contributed by atoms with Gasteiger partial charge >= 0.3 is 0 Å². The van der Waals surface area contributed by atoms with E-state index in [0.29, 0.717) is 36.0 Å². The Morgan fingerprint density at radius 3 is 2.71 bits per heavy atom. The van der Waals surface area contributed by atoms with E-state index in [1.165, 1.54) is 0 Å². The van der Waals surface area contributed by atoms with Crippen LogP contribution in [0.3, 0.4) is 0 Å². The second kappa shape index (κ2) is 7.68. The van der Waals surface area contributed by atoms with Crippen LogP contribution in [0.2, 0.25) is 5.02 Å². The summed E-state index contributed by atoms with van der Waals surface area (Å²) in [5, 5.41) is 1.69. The van der Waals surface area contributed by atoms with E-state index < -0.39 is 0 Å². The van der Waals surface area contributed by atoms with Gasteiger partial charge in [-0.15, -0.1) is 0 Å². The van der Waals surface area contributed by atoms with Gasteiger partial charge in [-0.25, -0.2) is 0 Å². The van der Waals surface area contributed by atoms with Gasteiger partial charge in [0.25, 0.3) is 0 Å². The molecule has 6 heteroatoms. The molecular formula is C22H21ClN2O3. The number of methoxy groups -OCH3 is 2. The van der Waals surface area contributed by atoms with Crippen LogP contribution in [0.5, 0.6) is 11.5 Å². The molecule has 1 aliphatic heterocycles. The molecule has 0 fully saturated rings. The summed E-state index contributed by atoms with van der Waals surface area (Å²) in [6, 6.07) is 13.4. The molecule has 1 aromatic heterocycles. The molecule has 2 aromatic carbocycles. The number of ether oxygens (including phenoxy) is 2. The fourth-order valence-corrected chi connectivity index (χ4v) is 3.78. The van der Waals surface area contributed by atoms with Crippen LogP contribution in [-0.2, 0) is 24.2 Å². The summed E-state index contributed by atoms with van der Waals surface area (Å²) < 4.78 is 10.6. The van der Waals surface area contributed by atoms with Gasteiger partial charge in [-0.05, 0) is 47.5 Å². The lowest BCUT2D eigenvalue weighted by molar-refractivity contribution is -0.131. The molecule has 0 radical (unpaired) electrons. The van der Waals surface area contributed by atoms with Gasteiger partial charge in [-0.3, -0.25) is 9.78 Å². The first-order valence-electron chi connectivity index (χ1n) is 9.14. The molecule has 1 aliphatic rings. The largest absolute Gasteiger partial charge is 0.493 e. The highest BCUT2D eigenvalue weighted by molar-refractivity contribution is 6.31. The maximum absolute atomic E-state index is 12.9. The van der Waals surface area contributed by atoms with Crippen LogP contribution in [-0.4, -0.2) is 36.6 Å². The molecule has 0 atom stereocenters. The third kappa shape index (κ3) is 3.62. The Morgan fingerprint density at radius 2 is 1.93 bits per heavy atom. The minimum absolute atomic E-state index is 0.0871. The van der Waals surface area contributed by atoms with Gasteiger partial charge in [0.15, 0.2) is 11.5 Å². The molecule has 28 heavy (non-hydrogen) atoms. The molecule has 0 saturated heterocycles. The topological polar surface area (TPSA) is 51.7 Å². The number of benzene rings is 2. The molecule has 1 amide bonds. The van der Waals surface area contributed by atoms with Crippen molar-refractivity contribution in [3.05, 3.63) is 64.3 Å². The molecule has 0 aliphatic carbocycles. The minimum atomic E-state index is 0.0871. The molecule has 3 aromatic rings. The van der Waals surface area contributed by atoms with E-state index in [4.69, 9.17) is 26.1 Å². The standard InChI is InChI=1S/C22H21ClN2O3/c1-27-20-6-3-14(9-21(20)28-2)10-22(26)25-8-7-19-16(13-25)11-15-12-17(23)4-5-18(15)24-19/h3-6,9,11-12H,7-8,10,13H2,1-2H3. The van der Waals surface area contributed by atoms with Crippen LogP contribution in [0.1, 0.15) is 16.8 Å². The average molecular weight is 397 g/mol. The van der Waals surface area contributed by atoms with Crippen molar-refractivity contribution in [3.8, 4) is 11.5 Å². The van der Waals surface area contributed by atoms with Crippen LogP contribution < -0.4 is 9.47 Å². The van der Waals surface area contributed by atoms with Gasteiger partial charge in [-0.1, -0.05) is 17.7 Å². The number of hydrogen-bond donors (Lipinski definition) is 0. The van der Waals surface area contributed by atoms with Crippen molar-refractivity contribution in [2.24, 2.45) is 0 Å². The Kier molecular flexibility index (Phi) is 5.09. The van der Waals surface area contributed by atoms with E-state index in [2.05, 4.69) is 6.07 Å². The Morgan fingerprint density at radius 1 is 1.11 bits per heavy atom. The number of rotatable bonds is 4. The van der Waals surface area contributed by atoms with Crippen molar-refractivity contribution in [2.75, 3.05) is 20.8 Å². The fourth-order valence-electron chi connectivity index (χ4n) is 3.60. The third-order valence-corrected chi connectivity index (χ3v) is 5.32. The normalized spacial score (nSPS) is 13.3. The molecule has 0 spiro atoms. The second-order valence-corrected chi connectivity index (χ2v) is 7.30. The number of halogens is 1. The SMILES string of the molecule is COc1ccc(CC(=O)N2CCc3nc4ccc(Cl)cc4cc3C2)cc1OC. The summed E-state index contributed by atoms with van der Waals surface area (Å²) in [6.07, 6.45) is 1.08. The van der Waals surface area contributed by atoms with Crippen molar-refractivity contribution in [3.63, 3.8) is 0 Å². The highest BCUT2D eigenvalue weighted by Crippen LogP contribution is 2.29. The molecule has 0 saturated carbocycles. The van der Waals surface area contributed by atoms with Crippen LogP contribution in [0, 0.1) is 0 Å². The number of nitrogens with zero attached hydrogens (tertiary/aromatic N) is 2. The van der Waals surface area contributed by atoms with Gasteiger partial charge in [0.1, 0.15) is 0 Å². The quantitative estimate of drug-likeness (QED) is 0.668. The zero-order valence-electron chi connectivity index (χ0n) is 15.9. The molecule has 0 unspecified atom stereocenters. The summed E-state index contributed by atoms with van der Waals surface area (Å²) in [4.78, 5) is 19.5. The van der Waals surface area contributed by atoms with Crippen LogP contribution in [0.4, 0.5) is 0 Å². The van der Waals surface area contributed by atoms with Crippen molar-refractivity contribution in [2.45, 2.75) is 19.4 Å². The molecule has 144 valence electrons. The maximum Gasteiger partial charge on any atom is 0.227 e. The Bertz CT molecular complexity index is 1050. The summed E-state index contributed by atoms with van der Waals surface area (Å²) in [7, 11) is 3.19. The lowest BCUT2D eigenvalue weighted by atomic mass is 10.0. The first kappa shape index (κ1) is 18.6. The number of hydrogen-bond acceptors (Lipinski definition) is 4. The highest BCUT2D eigenvalue weighted by atomic mass is 35.5. The van der Waals surface area contributed by atoms with E-state index in [1.807, 2.05) is 41.3 Å². The lowest BCUT2D eigenvalue weighted by Gasteiger charge is -2.28. The molecule has 2 heterocycles. The number of fused-ring (bicyclic) bond motifs is 2. The van der Waals surface area contributed by atoms with E-state index >= 15 is 0 Å². The molecular weight excluding hydrogens is 376 g/mol. The Hall–Kier alpha value is -2.79. The molecule has 0 N–H and O–H groups in total. The van der Waals surface area contributed by atoms with E-state index in [0.717, 1.165) is 34.1 Å². The number of carbonyl (C=O) groups excluding carboxylic acids is 1. The van der Waals surface area contributed by atoms with Crippen molar-refractivity contribution >= 4 is 28.4 Å². The monoisotopic (exact) mass is 396 g/mol. The highest BCUT2D eigenvalue weighted by Gasteiger charge is 2.22. The van der Waals surface area contributed by atoms with Gasteiger partial charge in [0.2, 0.25) is 5.91 Å². The van der Waals surface area contributed by atoms with Crippen LogP contribution >= 0.6 is 11.6 Å². The Balaban J connectivity index is 1.53. The third-order valence-electron chi connectivity index (χ3n) is 5.08. The van der Waals surface area contributed by atoms with Crippen molar-refractivity contribution in [1.82, 2.24) is 9.88 Å². The van der Waals surface area contributed by atoms with Gasteiger partial charge in [0.05, 0.1) is 26.2 Å². The van der Waals surface area contributed by atoms with E-state index in [1.54, 1.807) is 14.2 Å². The van der Waals surface area contributed by atoms with Crippen LogP contribution in [0.25, 0.3) is 10.9 Å². The average Bonchev–Trinajstić information content (AvgIpc) is 2.71. The summed E-state index contributed by atoms with van der Waals surface area (Å²) in [5.74, 6) is 1.37. The first-order valence-corrected chi connectivity index (χ1v) is 9.52. The molecule has 0 bridgehead atoms. The summed E-state index contributed by atoms with van der Waals surface area (Å²) in [6.45, 7) is 1.24.